The Morgan fingerprint density at radius 1 is 0.844 bits per heavy atom. The largest absolute Gasteiger partial charge is 0.423 e. The molecule has 0 N–H and O–H groups in total. The van der Waals surface area contributed by atoms with E-state index in [-0.39, 0.29) is 4.90 Å². The van der Waals surface area contributed by atoms with Gasteiger partial charge in [0.15, 0.2) is 0 Å². The Balaban J connectivity index is 1.36. The Hall–Kier alpha value is -3.26. The highest BCUT2D eigenvalue weighted by Crippen LogP contribution is 2.22. The summed E-state index contributed by atoms with van der Waals surface area (Å²) in [7, 11) is -3.54. The van der Waals surface area contributed by atoms with Crippen LogP contribution in [0.5, 0.6) is 5.75 Å². The van der Waals surface area contributed by atoms with E-state index in [1.54, 1.807) is 30.3 Å². The summed E-state index contributed by atoms with van der Waals surface area (Å²) in [5.41, 5.74) is 2.82. The summed E-state index contributed by atoms with van der Waals surface area (Å²) < 4.78 is 37.3. The lowest BCUT2D eigenvalue weighted by molar-refractivity contribution is -0.128. The first-order valence-corrected chi connectivity index (χ1v) is 11.7. The molecule has 1 aliphatic heterocycles. The van der Waals surface area contributed by atoms with Gasteiger partial charge in [-0.25, -0.2) is 13.2 Å². The van der Waals surface area contributed by atoms with Crippen LogP contribution in [0.25, 0.3) is 17.2 Å². The lowest BCUT2D eigenvalue weighted by Crippen LogP contribution is -2.40. The molecule has 1 saturated heterocycles. The fraction of sp³-hybridized carbons (Fsp3) is 0.160. The molecule has 1 aliphatic rings. The van der Waals surface area contributed by atoms with E-state index in [4.69, 9.17) is 9.47 Å². The monoisotopic (exact) mass is 449 g/mol. The predicted octanol–water partition coefficient (Wildman–Crippen LogP) is 3.99. The number of carbonyl (C=O) groups is 1. The van der Waals surface area contributed by atoms with Gasteiger partial charge in [0.1, 0.15) is 5.75 Å². The maximum absolute atomic E-state index is 12.7. The van der Waals surface area contributed by atoms with Gasteiger partial charge in [-0.1, -0.05) is 54.6 Å². The summed E-state index contributed by atoms with van der Waals surface area (Å²) in [6.45, 7) is 1.50. The van der Waals surface area contributed by atoms with E-state index in [0.29, 0.717) is 37.6 Å². The van der Waals surface area contributed by atoms with Crippen molar-refractivity contribution in [3.05, 3.63) is 90.5 Å². The number of rotatable bonds is 6. The molecule has 0 amide bonds. The summed E-state index contributed by atoms with van der Waals surface area (Å²) >= 11 is 0. The van der Waals surface area contributed by atoms with Crippen molar-refractivity contribution < 1.29 is 22.7 Å². The van der Waals surface area contributed by atoms with Crippen molar-refractivity contribution in [1.29, 1.82) is 0 Å². The van der Waals surface area contributed by atoms with Crippen molar-refractivity contribution >= 4 is 22.1 Å². The molecule has 7 heteroatoms. The van der Waals surface area contributed by atoms with E-state index >= 15 is 0 Å². The standard InChI is InChI=1S/C25H23NO5S/c27-25(31-23-11-9-22(10-12-23)21-4-2-1-3-5-21)15-8-20-6-13-24(14-7-20)32(28,29)26-16-18-30-19-17-26/h1-15H,16-19H2/b15-8+. The molecule has 3 aromatic carbocycles. The third kappa shape index (κ3) is 5.31. The minimum atomic E-state index is -3.54. The third-order valence-electron chi connectivity index (χ3n) is 5.08. The first-order chi connectivity index (χ1) is 15.5. The number of esters is 1. The average Bonchev–Trinajstić information content (AvgIpc) is 2.84. The molecule has 1 heterocycles. The van der Waals surface area contributed by atoms with Gasteiger partial charge < -0.3 is 9.47 Å². The Bertz CT molecular complexity index is 1180. The summed E-state index contributed by atoms with van der Waals surface area (Å²) in [6.07, 6.45) is 2.91. The zero-order chi connectivity index (χ0) is 22.4. The van der Waals surface area contributed by atoms with Crippen LogP contribution in [0.1, 0.15) is 5.56 Å². The minimum Gasteiger partial charge on any atom is -0.423 e. The molecule has 0 bridgehead atoms. The van der Waals surface area contributed by atoms with Crippen molar-refractivity contribution in [2.75, 3.05) is 26.3 Å². The first kappa shape index (κ1) is 22.0. The van der Waals surface area contributed by atoms with Crippen molar-refractivity contribution in [3.8, 4) is 16.9 Å². The molecule has 0 spiro atoms. The van der Waals surface area contributed by atoms with E-state index < -0.39 is 16.0 Å². The molecule has 1 fully saturated rings. The van der Waals surface area contributed by atoms with Crippen LogP contribution in [-0.4, -0.2) is 45.0 Å². The van der Waals surface area contributed by atoms with E-state index in [9.17, 15) is 13.2 Å². The molecule has 0 atom stereocenters. The van der Waals surface area contributed by atoms with Gasteiger partial charge in [-0.3, -0.25) is 0 Å². The van der Waals surface area contributed by atoms with Crippen LogP contribution in [0.15, 0.2) is 89.8 Å². The average molecular weight is 450 g/mol. The molecule has 3 aromatic rings. The summed E-state index contributed by atoms with van der Waals surface area (Å²) in [5, 5.41) is 0. The van der Waals surface area contributed by atoms with Crippen molar-refractivity contribution in [2.24, 2.45) is 0 Å². The van der Waals surface area contributed by atoms with Gasteiger partial charge >= 0.3 is 5.97 Å². The van der Waals surface area contributed by atoms with Gasteiger partial charge in [0.2, 0.25) is 10.0 Å². The number of sulfonamides is 1. The van der Waals surface area contributed by atoms with Crippen LogP contribution in [0.3, 0.4) is 0 Å². The number of nitrogens with zero attached hydrogens (tertiary/aromatic N) is 1. The Labute approximate surface area is 187 Å². The molecule has 164 valence electrons. The highest BCUT2D eigenvalue weighted by molar-refractivity contribution is 7.89. The second-order valence-corrected chi connectivity index (χ2v) is 9.17. The molecular formula is C25H23NO5S. The second-order valence-electron chi connectivity index (χ2n) is 7.23. The number of hydrogen-bond donors (Lipinski definition) is 0. The van der Waals surface area contributed by atoms with E-state index in [2.05, 4.69) is 0 Å². The molecular weight excluding hydrogens is 426 g/mol. The Morgan fingerprint density at radius 3 is 2.12 bits per heavy atom. The van der Waals surface area contributed by atoms with E-state index in [1.807, 2.05) is 42.5 Å². The smallest absolute Gasteiger partial charge is 0.336 e. The van der Waals surface area contributed by atoms with Gasteiger partial charge in [0, 0.05) is 19.2 Å². The number of morpholine rings is 1. The number of carbonyl (C=O) groups excluding carboxylic acids is 1. The van der Waals surface area contributed by atoms with Crippen LogP contribution in [0, 0.1) is 0 Å². The Morgan fingerprint density at radius 2 is 1.47 bits per heavy atom. The third-order valence-corrected chi connectivity index (χ3v) is 6.99. The van der Waals surface area contributed by atoms with Crippen molar-refractivity contribution in [2.45, 2.75) is 4.90 Å². The lowest BCUT2D eigenvalue weighted by Gasteiger charge is -2.26. The van der Waals surface area contributed by atoms with E-state index in [1.165, 1.54) is 22.5 Å². The maximum atomic E-state index is 12.7. The van der Waals surface area contributed by atoms with Gasteiger partial charge in [0.05, 0.1) is 18.1 Å². The molecule has 0 unspecified atom stereocenters. The van der Waals surface area contributed by atoms with Crippen LogP contribution < -0.4 is 4.74 Å². The van der Waals surface area contributed by atoms with Gasteiger partial charge in [-0.2, -0.15) is 4.31 Å². The Kier molecular flexibility index (Phi) is 6.80. The summed E-state index contributed by atoms with van der Waals surface area (Å²) in [4.78, 5) is 12.4. The summed E-state index contributed by atoms with van der Waals surface area (Å²) in [5.74, 6) is -0.0613. The molecule has 0 saturated carbocycles. The van der Waals surface area contributed by atoms with Crippen molar-refractivity contribution in [1.82, 2.24) is 4.31 Å². The van der Waals surface area contributed by atoms with E-state index in [0.717, 1.165) is 11.1 Å². The first-order valence-electron chi connectivity index (χ1n) is 10.3. The highest BCUT2D eigenvalue weighted by atomic mass is 32.2. The normalized spacial score (nSPS) is 15.0. The number of ether oxygens (including phenoxy) is 2. The SMILES string of the molecule is O=C(/C=C/c1ccc(S(=O)(=O)N2CCOCC2)cc1)Oc1ccc(-c2ccccc2)cc1. The molecule has 0 aliphatic carbocycles. The van der Waals surface area contributed by atoms with Gasteiger partial charge in [-0.15, -0.1) is 0 Å². The van der Waals surface area contributed by atoms with Crippen LogP contribution in [-0.2, 0) is 19.6 Å². The van der Waals surface area contributed by atoms with Crippen LogP contribution >= 0.6 is 0 Å². The fourth-order valence-corrected chi connectivity index (χ4v) is 4.76. The quantitative estimate of drug-likeness (QED) is 0.323. The molecule has 6 nitrogen and oxygen atoms in total. The molecule has 32 heavy (non-hydrogen) atoms. The van der Waals surface area contributed by atoms with Crippen LogP contribution in [0.4, 0.5) is 0 Å². The number of hydrogen-bond acceptors (Lipinski definition) is 5. The zero-order valence-corrected chi connectivity index (χ0v) is 18.2. The zero-order valence-electron chi connectivity index (χ0n) is 17.4. The number of benzene rings is 3. The molecule has 0 radical (unpaired) electrons. The topological polar surface area (TPSA) is 72.9 Å². The van der Waals surface area contributed by atoms with Crippen molar-refractivity contribution in [3.63, 3.8) is 0 Å². The second kappa shape index (κ2) is 9.91. The highest BCUT2D eigenvalue weighted by Gasteiger charge is 2.25. The minimum absolute atomic E-state index is 0.220. The molecule has 4 rings (SSSR count). The fourth-order valence-electron chi connectivity index (χ4n) is 3.35. The predicted molar refractivity (Wildman–Crippen MR) is 123 cm³/mol. The van der Waals surface area contributed by atoms with Crippen LogP contribution in [0.2, 0.25) is 0 Å². The molecule has 0 aromatic heterocycles. The maximum Gasteiger partial charge on any atom is 0.336 e. The summed E-state index contributed by atoms with van der Waals surface area (Å²) in [6, 6.07) is 23.6. The van der Waals surface area contributed by atoms with Gasteiger partial charge in [0.25, 0.3) is 0 Å². The van der Waals surface area contributed by atoms with Gasteiger partial charge in [-0.05, 0) is 47.0 Å². The lowest BCUT2D eigenvalue weighted by atomic mass is 10.1.